The van der Waals surface area contributed by atoms with Crippen molar-refractivity contribution in [2.24, 2.45) is 11.7 Å². The van der Waals surface area contributed by atoms with E-state index in [-0.39, 0.29) is 25.7 Å². The molecule has 0 aromatic carbocycles. The molecule has 1 rings (SSSR count). The lowest BCUT2D eigenvalue weighted by Crippen LogP contribution is -2.48. The minimum atomic E-state index is -4.24. The number of halogens is 3. The maximum Gasteiger partial charge on any atom is 0.391 e. The first-order chi connectivity index (χ1) is 9.20. The molecule has 1 fully saturated rings. The molecule has 1 aliphatic rings. The van der Waals surface area contributed by atoms with Crippen LogP contribution >= 0.6 is 0 Å². The Morgan fingerprint density at radius 3 is 2.55 bits per heavy atom. The number of carbonyl (C=O) groups is 2. The van der Waals surface area contributed by atoms with Gasteiger partial charge < -0.3 is 16.2 Å². The largest absolute Gasteiger partial charge is 0.481 e. The highest BCUT2D eigenvalue weighted by atomic mass is 19.4. The second-order valence-electron chi connectivity index (χ2n) is 5.15. The summed E-state index contributed by atoms with van der Waals surface area (Å²) in [5.74, 6) is -3.04. The minimum absolute atomic E-state index is 0.0312. The number of carboxylic acids is 1. The van der Waals surface area contributed by atoms with Crippen LogP contribution in [0, 0.1) is 5.92 Å². The molecule has 8 heteroatoms. The smallest absolute Gasteiger partial charge is 0.391 e. The van der Waals surface area contributed by atoms with Gasteiger partial charge in [0.15, 0.2) is 0 Å². The summed E-state index contributed by atoms with van der Waals surface area (Å²) in [7, 11) is 0. The van der Waals surface area contributed by atoms with E-state index >= 15 is 0 Å². The summed E-state index contributed by atoms with van der Waals surface area (Å²) in [4.78, 5) is 22.0. The van der Waals surface area contributed by atoms with Crippen LogP contribution in [-0.2, 0) is 9.59 Å². The highest BCUT2D eigenvalue weighted by Crippen LogP contribution is 2.37. The number of hydrogen-bond donors (Lipinski definition) is 3. The first kappa shape index (κ1) is 16.7. The van der Waals surface area contributed by atoms with E-state index in [1.807, 2.05) is 0 Å². The monoisotopic (exact) mass is 296 g/mol. The summed E-state index contributed by atoms with van der Waals surface area (Å²) in [5.41, 5.74) is 5.51. The van der Waals surface area contributed by atoms with Gasteiger partial charge in [-0.2, -0.15) is 13.2 Å². The zero-order chi connectivity index (χ0) is 15.3. The normalized spacial score (nSPS) is 25.0. The van der Waals surface area contributed by atoms with Gasteiger partial charge in [-0.15, -0.1) is 0 Å². The summed E-state index contributed by atoms with van der Waals surface area (Å²) >= 11 is 0. The fourth-order valence-electron chi connectivity index (χ4n) is 2.34. The number of nitrogens with two attached hydrogens (primary N) is 1. The van der Waals surface area contributed by atoms with Crippen molar-refractivity contribution in [1.82, 2.24) is 5.32 Å². The Hall–Kier alpha value is -1.31. The highest BCUT2D eigenvalue weighted by Gasteiger charge is 2.42. The van der Waals surface area contributed by atoms with Crippen molar-refractivity contribution in [3.8, 4) is 0 Å². The van der Waals surface area contributed by atoms with Gasteiger partial charge in [0, 0.05) is 12.5 Å². The van der Waals surface area contributed by atoms with E-state index in [0.717, 1.165) is 0 Å². The van der Waals surface area contributed by atoms with Gasteiger partial charge >= 0.3 is 12.1 Å². The highest BCUT2D eigenvalue weighted by molar-refractivity contribution is 5.82. The van der Waals surface area contributed by atoms with Gasteiger partial charge in [0.1, 0.15) is 0 Å². The molecule has 0 radical (unpaired) electrons. The van der Waals surface area contributed by atoms with Gasteiger partial charge in [-0.3, -0.25) is 9.59 Å². The summed E-state index contributed by atoms with van der Waals surface area (Å²) in [6.45, 7) is 0. The zero-order valence-electron chi connectivity index (χ0n) is 10.9. The molecule has 1 amide bonds. The Labute approximate surface area is 114 Å². The lowest BCUT2D eigenvalue weighted by atomic mass is 9.85. The van der Waals surface area contributed by atoms with E-state index in [1.54, 1.807) is 0 Å². The van der Waals surface area contributed by atoms with Crippen molar-refractivity contribution < 1.29 is 27.9 Å². The van der Waals surface area contributed by atoms with E-state index in [0.29, 0.717) is 12.8 Å². The second kappa shape index (κ2) is 6.92. The quantitative estimate of drug-likeness (QED) is 0.715. The molecule has 5 nitrogen and oxygen atoms in total. The van der Waals surface area contributed by atoms with Crippen LogP contribution in [0.15, 0.2) is 0 Å². The van der Waals surface area contributed by atoms with Crippen molar-refractivity contribution in [3.63, 3.8) is 0 Å². The van der Waals surface area contributed by atoms with Crippen molar-refractivity contribution in [3.05, 3.63) is 0 Å². The summed E-state index contributed by atoms with van der Waals surface area (Å²) in [5, 5.41) is 11.0. The molecule has 1 saturated carbocycles. The Bertz CT molecular complexity index is 360. The lowest BCUT2D eigenvalue weighted by Gasteiger charge is -2.31. The molecule has 20 heavy (non-hydrogen) atoms. The predicted octanol–water partition coefficient (Wildman–Crippen LogP) is 1.42. The maximum absolute atomic E-state index is 12.6. The van der Waals surface area contributed by atoms with E-state index in [9.17, 15) is 22.8 Å². The van der Waals surface area contributed by atoms with E-state index in [2.05, 4.69) is 5.32 Å². The van der Waals surface area contributed by atoms with Crippen molar-refractivity contribution in [2.45, 2.75) is 56.8 Å². The van der Waals surface area contributed by atoms with Gasteiger partial charge in [0.25, 0.3) is 0 Å². The number of aliphatic carboxylic acids is 1. The molecular formula is C12H19F3N2O3. The van der Waals surface area contributed by atoms with E-state index in [1.165, 1.54) is 0 Å². The molecule has 1 aliphatic carbocycles. The van der Waals surface area contributed by atoms with E-state index in [4.69, 9.17) is 10.8 Å². The maximum atomic E-state index is 12.6. The van der Waals surface area contributed by atoms with Gasteiger partial charge in [0.2, 0.25) is 5.91 Å². The fraction of sp³-hybridized carbons (Fsp3) is 0.833. The van der Waals surface area contributed by atoms with Crippen LogP contribution in [0.4, 0.5) is 13.2 Å². The standard InChI is InChI=1S/C12H19F3N2O3/c13-12(14,15)7-2-1-3-8(6-7)17-11(20)9(16)4-5-10(18)19/h7-9H,1-6,16H2,(H,17,20)(H,18,19). The Balaban J connectivity index is 2.43. The third-order valence-corrected chi connectivity index (χ3v) is 3.49. The zero-order valence-corrected chi connectivity index (χ0v) is 10.9. The third-order valence-electron chi connectivity index (χ3n) is 3.49. The number of hydrogen-bond acceptors (Lipinski definition) is 3. The lowest BCUT2D eigenvalue weighted by molar-refractivity contribution is -0.184. The average molecular weight is 296 g/mol. The average Bonchev–Trinajstić information content (AvgIpc) is 2.35. The van der Waals surface area contributed by atoms with Crippen molar-refractivity contribution in [1.29, 1.82) is 0 Å². The molecule has 4 N–H and O–H groups in total. The van der Waals surface area contributed by atoms with Crippen LogP contribution in [0.5, 0.6) is 0 Å². The van der Waals surface area contributed by atoms with Crippen LogP contribution in [-0.4, -0.2) is 35.2 Å². The Morgan fingerprint density at radius 1 is 1.35 bits per heavy atom. The molecule has 0 aromatic heterocycles. The van der Waals surface area contributed by atoms with Gasteiger partial charge in [-0.05, 0) is 25.7 Å². The molecule has 0 saturated heterocycles. The molecule has 3 unspecified atom stereocenters. The number of carboxylic acid groups (broad SMARTS) is 1. The van der Waals surface area contributed by atoms with Crippen LogP contribution in [0.3, 0.4) is 0 Å². The van der Waals surface area contributed by atoms with Crippen LogP contribution in [0.25, 0.3) is 0 Å². The third kappa shape index (κ3) is 5.36. The summed E-state index contributed by atoms with van der Waals surface area (Å²) in [6, 6.07) is -1.55. The number of nitrogens with one attached hydrogen (secondary N) is 1. The number of amides is 1. The molecule has 0 aliphatic heterocycles. The van der Waals surface area contributed by atoms with Gasteiger partial charge in [-0.1, -0.05) is 6.42 Å². The molecule has 0 heterocycles. The Kier molecular flexibility index (Phi) is 5.79. The molecule has 0 bridgehead atoms. The SMILES string of the molecule is NC(CCC(=O)O)C(=O)NC1CCCC(C(F)(F)F)C1. The van der Waals surface area contributed by atoms with Crippen LogP contribution in [0.2, 0.25) is 0 Å². The predicted molar refractivity (Wildman–Crippen MR) is 64.8 cm³/mol. The van der Waals surface area contributed by atoms with Crippen LogP contribution in [0.1, 0.15) is 38.5 Å². The number of carbonyl (C=O) groups excluding carboxylic acids is 1. The Morgan fingerprint density at radius 2 is 2.00 bits per heavy atom. The van der Waals surface area contributed by atoms with Gasteiger partial charge in [-0.25, -0.2) is 0 Å². The minimum Gasteiger partial charge on any atom is -0.481 e. The van der Waals surface area contributed by atoms with Gasteiger partial charge in [0.05, 0.1) is 12.0 Å². The van der Waals surface area contributed by atoms with Crippen LogP contribution < -0.4 is 11.1 Å². The molecule has 3 atom stereocenters. The topological polar surface area (TPSA) is 92.4 Å². The molecular weight excluding hydrogens is 277 g/mol. The molecule has 0 aromatic rings. The van der Waals surface area contributed by atoms with Crippen molar-refractivity contribution >= 4 is 11.9 Å². The number of rotatable bonds is 5. The number of alkyl halides is 3. The summed E-state index contributed by atoms with van der Waals surface area (Å²) < 4.78 is 37.9. The first-order valence-electron chi connectivity index (χ1n) is 6.54. The van der Waals surface area contributed by atoms with E-state index < -0.39 is 36.1 Å². The first-order valence-corrected chi connectivity index (χ1v) is 6.54. The van der Waals surface area contributed by atoms with Crippen molar-refractivity contribution in [2.75, 3.05) is 0 Å². The summed E-state index contributed by atoms with van der Waals surface area (Å²) in [6.07, 6.45) is -3.68. The molecule has 116 valence electrons. The fourth-order valence-corrected chi connectivity index (χ4v) is 2.34. The molecule has 0 spiro atoms. The second-order valence-corrected chi connectivity index (χ2v) is 5.15.